The Morgan fingerprint density at radius 2 is 1.91 bits per heavy atom. The Hall–Kier alpha value is -1.23. The van der Waals surface area contributed by atoms with Gasteiger partial charge in [0.2, 0.25) is 10.0 Å². The minimum absolute atomic E-state index is 0.237. The van der Waals surface area contributed by atoms with E-state index in [2.05, 4.69) is 25.5 Å². The number of hydrogen-bond acceptors (Lipinski definition) is 3. The summed E-state index contributed by atoms with van der Waals surface area (Å²) in [5, 5.41) is -0.237. The molecule has 0 spiro atoms. The molecule has 0 saturated heterocycles. The molecular formula is C17H28N2O2S. The van der Waals surface area contributed by atoms with Crippen molar-refractivity contribution in [3.63, 3.8) is 0 Å². The van der Waals surface area contributed by atoms with Gasteiger partial charge in [-0.2, -0.15) is 0 Å². The zero-order valence-corrected chi connectivity index (χ0v) is 14.6. The summed E-state index contributed by atoms with van der Waals surface area (Å²) in [5.74, 6) is 1.27. The van der Waals surface area contributed by atoms with Crippen molar-refractivity contribution >= 4 is 21.4 Å². The molecule has 0 aromatic heterocycles. The van der Waals surface area contributed by atoms with Crippen molar-refractivity contribution in [2.24, 2.45) is 11.8 Å². The number of nitrogens with two attached hydrogens (primary N) is 1. The van der Waals surface area contributed by atoms with Gasteiger partial charge in [-0.3, -0.25) is 4.72 Å². The predicted octanol–water partition coefficient (Wildman–Crippen LogP) is 3.79. The fraction of sp³-hybridized carbons (Fsp3) is 0.647. The Balaban J connectivity index is 2.12. The maximum Gasteiger partial charge on any atom is 0.235 e. The third kappa shape index (κ3) is 4.15. The van der Waals surface area contributed by atoms with E-state index in [9.17, 15) is 8.42 Å². The molecule has 1 saturated carbocycles. The van der Waals surface area contributed by atoms with E-state index >= 15 is 0 Å². The van der Waals surface area contributed by atoms with Gasteiger partial charge in [-0.05, 0) is 48.8 Å². The average Bonchev–Trinajstić information content (AvgIpc) is 3.28. The average molecular weight is 324 g/mol. The van der Waals surface area contributed by atoms with Crippen molar-refractivity contribution in [2.75, 3.05) is 10.5 Å². The van der Waals surface area contributed by atoms with E-state index in [0.29, 0.717) is 23.2 Å². The summed E-state index contributed by atoms with van der Waals surface area (Å²) in [7, 11) is -3.26. The lowest BCUT2D eigenvalue weighted by Crippen LogP contribution is -2.18. The lowest BCUT2D eigenvalue weighted by atomic mass is 9.85. The molecule has 1 unspecified atom stereocenters. The van der Waals surface area contributed by atoms with Gasteiger partial charge >= 0.3 is 0 Å². The quantitative estimate of drug-likeness (QED) is 0.715. The van der Waals surface area contributed by atoms with E-state index in [-0.39, 0.29) is 5.25 Å². The molecule has 1 atom stereocenters. The second kappa shape index (κ2) is 6.90. The van der Waals surface area contributed by atoms with Crippen LogP contribution >= 0.6 is 0 Å². The highest BCUT2D eigenvalue weighted by molar-refractivity contribution is 7.93. The zero-order valence-electron chi connectivity index (χ0n) is 13.8. The van der Waals surface area contributed by atoms with Crippen LogP contribution in [0.2, 0.25) is 0 Å². The van der Waals surface area contributed by atoms with Crippen LogP contribution in [0.4, 0.5) is 11.4 Å². The van der Waals surface area contributed by atoms with Crippen LogP contribution in [-0.2, 0) is 16.4 Å². The van der Waals surface area contributed by atoms with Gasteiger partial charge in [0.25, 0.3) is 0 Å². The fourth-order valence-corrected chi connectivity index (χ4v) is 4.47. The maximum atomic E-state index is 12.1. The minimum Gasteiger partial charge on any atom is -0.397 e. The first-order chi connectivity index (χ1) is 10.4. The molecule has 22 heavy (non-hydrogen) atoms. The smallest absolute Gasteiger partial charge is 0.235 e. The van der Waals surface area contributed by atoms with E-state index < -0.39 is 10.0 Å². The highest BCUT2D eigenvalue weighted by Crippen LogP contribution is 2.32. The van der Waals surface area contributed by atoms with Crippen LogP contribution in [-0.4, -0.2) is 13.7 Å². The first-order valence-electron chi connectivity index (χ1n) is 8.27. The standard InChI is InChI=1S/C17H28N2O2S/c1-4-14(5-2)12(3)10-13-6-9-16(18)17(11-13)19-22(20,21)15-7-8-15/h6,9,11-12,14-15,19H,4-5,7-8,10,18H2,1-3H3. The Morgan fingerprint density at radius 3 is 2.45 bits per heavy atom. The van der Waals surface area contributed by atoms with Gasteiger partial charge in [-0.15, -0.1) is 0 Å². The van der Waals surface area contributed by atoms with Crippen molar-refractivity contribution in [1.29, 1.82) is 0 Å². The highest BCUT2D eigenvalue weighted by Gasteiger charge is 2.36. The lowest BCUT2D eigenvalue weighted by molar-refractivity contribution is 0.335. The van der Waals surface area contributed by atoms with Crippen LogP contribution in [0.3, 0.4) is 0 Å². The van der Waals surface area contributed by atoms with Crippen LogP contribution in [0.25, 0.3) is 0 Å². The van der Waals surface area contributed by atoms with E-state index in [1.54, 1.807) is 6.07 Å². The second-order valence-corrected chi connectivity index (χ2v) is 8.49. The number of rotatable bonds is 8. The molecule has 124 valence electrons. The normalized spacial score (nSPS) is 16.7. The van der Waals surface area contributed by atoms with Crippen LogP contribution < -0.4 is 10.5 Å². The molecule has 0 radical (unpaired) electrons. The predicted molar refractivity (Wildman–Crippen MR) is 93.4 cm³/mol. The van der Waals surface area contributed by atoms with Crippen LogP contribution in [0.1, 0.15) is 52.0 Å². The van der Waals surface area contributed by atoms with E-state index in [1.807, 2.05) is 12.1 Å². The summed E-state index contributed by atoms with van der Waals surface area (Å²) in [5.41, 5.74) is 8.09. The number of sulfonamides is 1. The molecule has 3 N–H and O–H groups in total. The Kier molecular flexibility index (Phi) is 5.37. The van der Waals surface area contributed by atoms with E-state index in [4.69, 9.17) is 5.73 Å². The van der Waals surface area contributed by atoms with Crippen LogP contribution in [0.5, 0.6) is 0 Å². The summed E-state index contributed by atoms with van der Waals surface area (Å²) >= 11 is 0. The van der Waals surface area contributed by atoms with Crippen molar-refractivity contribution < 1.29 is 8.42 Å². The monoisotopic (exact) mass is 324 g/mol. The molecule has 1 aliphatic carbocycles. The lowest BCUT2D eigenvalue weighted by Gasteiger charge is -2.21. The van der Waals surface area contributed by atoms with Crippen LogP contribution in [0.15, 0.2) is 18.2 Å². The number of anilines is 2. The second-order valence-electron chi connectivity index (χ2n) is 6.53. The molecule has 1 aromatic carbocycles. The summed E-state index contributed by atoms with van der Waals surface area (Å²) in [6.07, 6.45) is 4.80. The number of nitrogens with one attached hydrogen (secondary N) is 1. The summed E-state index contributed by atoms with van der Waals surface area (Å²) in [6, 6.07) is 5.71. The number of hydrogen-bond donors (Lipinski definition) is 2. The largest absolute Gasteiger partial charge is 0.397 e. The molecule has 5 heteroatoms. The van der Waals surface area contributed by atoms with Gasteiger partial charge in [0, 0.05) is 0 Å². The third-order valence-corrected chi connectivity index (χ3v) is 6.60. The van der Waals surface area contributed by atoms with Gasteiger partial charge in [-0.1, -0.05) is 39.7 Å². The zero-order chi connectivity index (χ0) is 16.3. The van der Waals surface area contributed by atoms with Gasteiger partial charge in [0.05, 0.1) is 16.6 Å². The molecule has 2 rings (SSSR count). The van der Waals surface area contributed by atoms with Crippen molar-refractivity contribution in [3.05, 3.63) is 23.8 Å². The van der Waals surface area contributed by atoms with E-state index in [1.165, 1.54) is 12.8 Å². The molecule has 1 aliphatic rings. The topological polar surface area (TPSA) is 72.2 Å². The molecule has 1 fully saturated rings. The first-order valence-corrected chi connectivity index (χ1v) is 9.82. The van der Waals surface area contributed by atoms with Crippen molar-refractivity contribution in [2.45, 2.75) is 58.1 Å². The maximum absolute atomic E-state index is 12.1. The van der Waals surface area contributed by atoms with Gasteiger partial charge < -0.3 is 5.73 Å². The van der Waals surface area contributed by atoms with E-state index in [0.717, 1.165) is 24.8 Å². The molecule has 4 nitrogen and oxygen atoms in total. The molecule has 0 amide bonds. The Labute approximate surface area is 134 Å². The number of benzene rings is 1. The van der Waals surface area contributed by atoms with Crippen LogP contribution in [0, 0.1) is 11.8 Å². The first kappa shape index (κ1) is 17.1. The third-order valence-electron chi connectivity index (χ3n) is 4.74. The highest BCUT2D eigenvalue weighted by atomic mass is 32.2. The molecule has 0 heterocycles. The summed E-state index contributed by atoms with van der Waals surface area (Å²) < 4.78 is 26.8. The van der Waals surface area contributed by atoms with Crippen molar-refractivity contribution in [1.82, 2.24) is 0 Å². The number of nitrogen functional groups attached to an aromatic ring is 1. The minimum atomic E-state index is -3.26. The molecule has 0 aliphatic heterocycles. The Bertz CT molecular complexity index is 605. The SMILES string of the molecule is CCC(CC)C(C)Cc1ccc(N)c(NS(=O)(=O)C2CC2)c1. The molecular weight excluding hydrogens is 296 g/mol. The summed E-state index contributed by atoms with van der Waals surface area (Å²) in [6.45, 7) is 6.72. The van der Waals surface area contributed by atoms with Gasteiger partial charge in [0.15, 0.2) is 0 Å². The summed E-state index contributed by atoms with van der Waals surface area (Å²) in [4.78, 5) is 0. The fourth-order valence-electron chi connectivity index (χ4n) is 3.07. The van der Waals surface area contributed by atoms with Crippen molar-refractivity contribution in [3.8, 4) is 0 Å². The molecule has 1 aromatic rings. The Morgan fingerprint density at radius 1 is 1.27 bits per heavy atom. The van der Waals surface area contributed by atoms with Gasteiger partial charge in [-0.25, -0.2) is 8.42 Å². The molecule has 0 bridgehead atoms. The van der Waals surface area contributed by atoms with Gasteiger partial charge in [0.1, 0.15) is 0 Å².